The molecule has 1 saturated heterocycles. The molecule has 1 amide bonds. The van der Waals surface area contributed by atoms with Gasteiger partial charge in [-0.3, -0.25) is 14.7 Å². The van der Waals surface area contributed by atoms with E-state index in [4.69, 9.17) is 4.52 Å². The molecule has 2 aromatic heterocycles. The van der Waals surface area contributed by atoms with E-state index >= 15 is 0 Å². The highest BCUT2D eigenvalue weighted by atomic mass is 16.5. The van der Waals surface area contributed by atoms with Gasteiger partial charge in [0.15, 0.2) is 0 Å². The van der Waals surface area contributed by atoms with Gasteiger partial charge in [0.25, 0.3) is 0 Å². The van der Waals surface area contributed by atoms with Crippen molar-refractivity contribution < 1.29 is 9.32 Å². The molecule has 1 fully saturated rings. The third kappa shape index (κ3) is 5.06. The zero-order valence-electron chi connectivity index (χ0n) is 16.6. The molecule has 0 atom stereocenters. The highest BCUT2D eigenvalue weighted by Crippen LogP contribution is 2.14. The maximum absolute atomic E-state index is 12.6. The summed E-state index contributed by atoms with van der Waals surface area (Å²) >= 11 is 0. The zero-order valence-corrected chi connectivity index (χ0v) is 16.6. The van der Waals surface area contributed by atoms with Gasteiger partial charge in [-0.05, 0) is 24.6 Å². The Balaban J connectivity index is 1.24. The van der Waals surface area contributed by atoms with Gasteiger partial charge in [-0.2, -0.15) is 4.98 Å². The fourth-order valence-corrected chi connectivity index (χ4v) is 3.55. The summed E-state index contributed by atoms with van der Waals surface area (Å²) in [6, 6.07) is 14.1. The van der Waals surface area contributed by atoms with Gasteiger partial charge in [-0.15, -0.1) is 0 Å². The minimum Gasteiger partial charge on any atom is -0.340 e. The second kappa shape index (κ2) is 8.96. The standard InChI is InChI=1S/C22H25N5O2/c1-17-5-4-6-18(15-17)16-26-11-13-27(14-12-26)21(28)9-8-20-24-22(25-29-20)19-7-2-3-10-23-19/h2-7,10,15H,8-9,11-14,16H2,1H3. The number of hydrogen-bond acceptors (Lipinski definition) is 6. The Kier molecular flexibility index (Phi) is 5.95. The molecule has 0 saturated carbocycles. The molecule has 0 spiro atoms. The van der Waals surface area contributed by atoms with Crippen molar-refractivity contribution in [2.24, 2.45) is 0 Å². The van der Waals surface area contributed by atoms with E-state index in [0.29, 0.717) is 30.3 Å². The SMILES string of the molecule is Cc1cccc(CN2CCN(C(=O)CCc3nc(-c4ccccn4)no3)CC2)c1. The Labute approximate surface area is 170 Å². The third-order valence-corrected chi connectivity index (χ3v) is 5.13. The molecule has 7 heteroatoms. The maximum atomic E-state index is 12.6. The van der Waals surface area contributed by atoms with Crippen LogP contribution >= 0.6 is 0 Å². The number of aromatic nitrogens is 3. The van der Waals surface area contributed by atoms with Crippen LogP contribution in [-0.2, 0) is 17.8 Å². The minimum atomic E-state index is 0.137. The summed E-state index contributed by atoms with van der Waals surface area (Å²) in [5.74, 6) is 1.06. The lowest BCUT2D eigenvalue weighted by Gasteiger charge is -2.34. The molecule has 0 aliphatic carbocycles. The van der Waals surface area contributed by atoms with Crippen LogP contribution in [0.25, 0.3) is 11.5 Å². The van der Waals surface area contributed by atoms with Crippen molar-refractivity contribution in [2.75, 3.05) is 26.2 Å². The number of hydrogen-bond donors (Lipinski definition) is 0. The highest BCUT2D eigenvalue weighted by Gasteiger charge is 2.21. The van der Waals surface area contributed by atoms with Crippen LogP contribution in [0.3, 0.4) is 0 Å². The lowest BCUT2D eigenvalue weighted by Crippen LogP contribution is -2.48. The first-order valence-electron chi connectivity index (χ1n) is 9.97. The fraction of sp³-hybridized carbons (Fsp3) is 0.364. The van der Waals surface area contributed by atoms with E-state index in [-0.39, 0.29) is 5.91 Å². The molecule has 7 nitrogen and oxygen atoms in total. The molecule has 0 unspecified atom stereocenters. The van der Waals surface area contributed by atoms with Crippen molar-refractivity contribution in [3.63, 3.8) is 0 Å². The van der Waals surface area contributed by atoms with Crippen LogP contribution in [0.1, 0.15) is 23.4 Å². The van der Waals surface area contributed by atoms with Crippen LogP contribution in [0, 0.1) is 6.92 Å². The largest absolute Gasteiger partial charge is 0.340 e. The first kappa shape index (κ1) is 19.3. The molecule has 0 bridgehead atoms. The minimum absolute atomic E-state index is 0.137. The van der Waals surface area contributed by atoms with E-state index < -0.39 is 0 Å². The monoisotopic (exact) mass is 391 g/mol. The molecule has 0 N–H and O–H groups in total. The summed E-state index contributed by atoms with van der Waals surface area (Å²) in [7, 11) is 0. The van der Waals surface area contributed by atoms with Gasteiger partial charge in [0, 0.05) is 51.8 Å². The Hall–Kier alpha value is -3.06. The molecule has 3 heterocycles. The quantitative estimate of drug-likeness (QED) is 0.643. The number of benzene rings is 1. The van der Waals surface area contributed by atoms with Crippen molar-refractivity contribution in [2.45, 2.75) is 26.3 Å². The molecule has 1 aliphatic rings. The van der Waals surface area contributed by atoms with Crippen LogP contribution in [0.15, 0.2) is 53.2 Å². The summed E-state index contributed by atoms with van der Waals surface area (Å²) in [5.41, 5.74) is 3.27. The van der Waals surface area contributed by atoms with E-state index in [9.17, 15) is 4.79 Å². The normalized spacial score (nSPS) is 14.9. The highest BCUT2D eigenvalue weighted by molar-refractivity contribution is 5.76. The number of piperazine rings is 1. The first-order valence-corrected chi connectivity index (χ1v) is 9.97. The van der Waals surface area contributed by atoms with E-state index in [1.54, 1.807) is 6.20 Å². The number of pyridine rings is 1. The van der Waals surface area contributed by atoms with E-state index in [1.807, 2.05) is 23.1 Å². The average Bonchev–Trinajstić information content (AvgIpc) is 3.22. The molecular weight excluding hydrogens is 366 g/mol. The smallest absolute Gasteiger partial charge is 0.227 e. The van der Waals surface area contributed by atoms with Crippen LogP contribution in [0.5, 0.6) is 0 Å². The van der Waals surface area contributed by atoms with Crippen molar-refractivity contribution in [1.29, 1.82) is 0 Å². The van der Waals surface area contributed by atoms with Crippen LogP contribution < -0.4 is 0 Å². The molecule has 0 radical (unpaired) electrons. The van der Waals surface area contributed by atoms with Gasteiger partial charge in [-0.1, -0.05) is 41.1 Å². The topological polar surface area (TPSA) is 75.4 Å². The lowest BCUT2D eigenvalue weighted by molar-refractivity contribution is -0.133. The predicted octanol–water partition coefficient (Wildman–Crippen LogP) is 2.72. The lowest BCUT2D eigenvalue weighted by atomic mass is 10.1. The Morgan fingerprint density at radius 1 is 1.10 bits per heavy atom. The molecule has 1 aliphatic heterocycles. The molecule has 3 aromatic rings. The zero-order chi connectivity index (χ0) is 20.1. The number of amides is 1. The van der Waals surface area contributed by atoms with Crippen molar-refractivity contribution in [1.82, 2.24) is 24.9 Å². The third-order valence-electron chi connectivity index (χ3n) is 5.13. The Morgan fingerprint density at radius 3 is 2.72 bits per heavy atom. The van der Waals surface area contributed by atoms with Crippen LogP contribution in [0.2, 0.25) is 0 Å². The Morgan fingerprint density at radius 2 is 1.97 bits per heavy atom. The molecule has 4 rings (SSSR count). The number of carbonyl (C=O) groups excluding carboxylic acids is 1. The molecule has 1 aromatic carbocycles. The van der Waals surface area contributed by atoms with Gasteiger partial charge in [0.2, 0.25) is 17.6 Å². The second-order valence-corrected chi connectivity index (χ2v) is 7.37. The summed E-state index contributed by atoms with van der Waals surface area (Å²) in [4.78, 5) is 25.4. The molecule has 150 valence electrons. The maximum Gasteiger partial charge on any atom is 0.227 e. The van der Waals surface area contributed by atoms with E-state index in [0.717, 1.165) is 32.7 Å². The molecular formula is C22H25N5O2. The summed E-state index contributed by atoms with van der Waals surface area (Å²) in [6.45, 7) is 6.35. The van der Waals surface area contributed by atoms with Crippen molar-refractivity contribution in [3.8, 4) is 11.5 Å². The second-order valence-electron chi connectivity index (χ2n) is 7.37. The van der Waals surface area contributed by atoms with Gasteiger partial charge >= 0.3 is 0 Å². The summed E-state index contributed by atoms with van der Waals surface area (Å²) in [6.07, 6.45) is 2.51. The Bertz CT molecular complexity index is 949. The van der Waals surface area contributed by atoms with Crippen LogP contribution in [0.4, 0.5) is 0 Å². The number of rotatable bonds is 6. The van der Waals surface area contributed by atoms with Gasteiger partial charge in [0.05, 0.1) is 0 Å². The first-order chi connectivity index (χ1) is 14.2. The van der Waals surface area contributed by atoms with Crippen LogP contribution in [-0.4, -0.2) is 57.0 Å². The molecule has 29 heavy (non-hydrogen) atoms. The number of carbonyl (C=O) groups is 1. The van der Waals surface area contributed by atoms with E-state index in [1.165, 1.54) is 11.1 Å². The fourth-order valence-electron chi connectivity index (χ4n) is 3.55. The van der Waals surface area contributed by atoms with Crippen molar-refractivity contribution in [3.05, 3.63) is 65.7 Å². The number of nitrogens with zero attached hydrogens (tertiary/aromatic N) is 5. The summed E-state index contributed by atoms with van der Waals surface area (Å²) < 4.78 is 5.27. The van der Waals surface area contributed by atoms with Gasteiger partial charge in [-0.25, -0.2) is 0 Å². The van der Waals surface area contributed by atoms with Gasteiger partial charge in [0.1, 0.15) is 5.69 Å². The predicted molar refractivity (Wildman–Crippen MR) is 109 cm³/mol. The van der Waals surface area contributed by atoms with Crippen molar-refractivity contribution >= 4 is 5.91 Å². The summed E-state index contributed by atoms with van der Waals surface area (Å²) in [5, 5.41) is 3.95. The average molecular weight is 391 g/mol. The van der Waals surface area contributed by atoms with E-state index in [2.05, 4.69) is 51.2 Å². The van der Waals surface area contributed by atoms with Gasteiger partial charge < -0.3 is 9.42 Å². The number of aryl methyl sites for hydroxylation is 2.